The van der Waals surface area contributed by atoms with E-state index in [2.05, 4.69) is 20.5 Å². The summed E-state index contributed by atoms with van der Waals surface area (Å²) in [6, 6.07) is 4.08. The van der Waals surface area contributed by atoms with Gasteiger partial charge in [0, 0.05) is 12.5 Å². The zero-order valence-electron chi connectivity index (χ0n) is 14.5. The molecule has 0 radical (unpaired) electrons. The Morgan fingerprint density at radius 2 is 1.96 bits per heavy atom. The summed E-state index contributed by atoms with van der Waals surface area (Å²) >= 11 is 0. The predicted octanol–water partition coefficient (Wildman–Crippen LogP) is 3.18. The SMILES string of the molecule is COC(=O)c1ccccc1NC(=O)c1cc2n(n1)[C@@H](C(F)F)C[C@H](C(F)F)N2. The first kappa shape index (κ1) is 19.6. The van der Waals surface area contributed by atoms with Crippen molar-refractivity contribution in [2.45, 2.75) is 31.4 Å². The third kappa shape index (κ3) is 3.78. The van der Waals surface area contributed by atoms with E-state index in [9.17, 15) is 27.2 Å². The van der Waals surface area contributed by atoms with Gasteiger partial charge in [0.1, 0.15) is 11.9 Å². The van der Waals surface area contributed by atoms with Crippen LogP contribution in [0.15, 0.2) is 30.3 Å². The minimum atomic E-state index is -2.93. The standard InChI is InChI=1S/C17H16F4N4O3/c1-28-17(27)8-4-2-3-5-9(8)23-16(26)11-7-13-22-10(14(18)19)6-12(15(20)21)25(13)24-11/h2-5,7,10,12,14-15,22H,6H2,1H3,(H,23,26)/t10-,12-/m1/s1. The smallest absolute Gasteiger partial charge is 0.339 e. The molecule has 3 rings (SSSR count). The molecular formula is C17H16F4N4O3. The van der Waals surface area contributed by atoms with E-state index in [1.807, 2.05) is 0 Å². The van der Waals surface area contributed by atoms with E-state index in [0.717, 1.165) is 10.7 Å². The molecule has 0 unspecified atom stereocenters. The number of halogens is 4. The summed E-state index contributed by atoms with van der Waals surface area (Å²) in [6.45, 7) is 0. The predicted molar refractivity (Wildman–Crippen MR) is 91.0 cm³/mol. The Labute approximate surface area is 156 Å². The summed E-state index contributed by atoms with van der Waals surface area (Å²) in [6.07, 6.45) is -6.32. The van der Waals surface area contributed by atoms with Crippen LogP contribution in [0, 0.1) is 0 Å². The third-order valence-electron chi connectivity index (χ3n) is 4.29. The van der Waals surface area contributed by atoms with E-state index < -0.39 is 43.2 Å². The Morgan fingerprint density at radius 1 is 1.25 bits per heavy atom. The van der Waals surface area contributed by atoms with Crippen LogP contribution in [0.1, 0.15) is 33.3 Å². The summed E-state index contributed by atoms with van der Waals surface area (Å²) in [4.78, 5) is 24.3. The fourth-order valence-electron chi connectivity index (χ4n) is 2.92. The highest BCUT2D eigenvalue weighted by Gasteiger charge is 2.38. The van der Waals surface area contributed by atoms with Gasteiger partial charge in [0.25, 0.3) is 18.8 Å². The number of anilines is 2. The first-order chi connectivity index (χ1) is 13.3. The van der Waals surface area contributed by atoms with Crippen molar-refractivity contribution in [3.63, 3.8) is 0 Å². The number of nitrogens with zero attached hydrogens (tertiary/aromatic N) is 2. The number of benzene rings is 1. The Balaban J connectivity index is 1.88. The minimum absolute atomic E-state index is 0.0867. The molecule has 150 valence electrons. The maximum Gasteiger partial charge on any atom is 0.339 e. The molecule has 0 fully saturated rings. The number of ether oxygens (including phenoxy) is 1. The molecule has 0 spiro atoms. The van der Waals surface area contributed by atoms with Gasteiger partial charge in [-0.2, -0.15) is 5.10 Å². The molecule has 2 aromatic rings. The van der Waals surface area contributed by atoms with E-state index in [0.29, 0.717) is 0 Å². The van der Waals surface area contributed by atoms with Crippen LogP contribution in [-0.2, 0) is 4.74 Å². The highest BCUT2D eigenvalue weighted by atomic mass is 19.3. The number of para-hydroxylation sites is 1. The van der Waals surface area contributed by atoms with Crippen molar-refractivity contribution in [1.29, 1.82) is 0 Å². The molecule has 1 aromatic carbocycles. The number of fused-ring (bicyclic) bond motifs is 1. The molecule has 2 N–H and O–H groups in total. The highest BCUT2D eigenvalue weighted by molar-refractivity contribution is 6.07. The van der Waals surface area contributed by atoms with Gasteiger partial charge in [0.05, 0.1) is 24.4 Å². The van der Waals surface area contributed by atoms with Gasteiger partial charge in [-0.05, 0) is 12.1 Å². The van der Waals surface area contributed by atoms with Crippen LogP contribution in [0.4, 0.5) is 29.1 Å². The number of amides is 1. The van der Waals surface area contributed by atoms with Crippen molar-refractivity contribution in [2.75, 3.05) is 17.7 Å². The van der Waals surface area contributed by atoms with Crippen molar-refractivity contribution in [3.05, 3.63) is 41.6 Å². The largest absolute Gasteiger partial charge is 0.465 e. The maximum absolute atomic E-state index is 13.3. The molecule has 1 aromatic heterocycles. The Morgan fingerprint density at radius 3 is 2.61 bits per heavy atom. The number of nitrogens with one attached hydrogen (secondary N) is 2. The fourth-order valence-corrected chi connectivity index (χ4v) is 2.92. The van der Waals surface area contributed by atoms with E-state index in [1.54, 1.807) is 12.1 Å². The number of rotatable bonds is 5. The number of hydrogen-bond acceptors (Lipinski definition) is 5. The zero-order valence-corrected chi connectivity index (χ0v) is 14.5. The Hall–Kier alpha value is -3.11. The number of carbonyl (C=O) groups is 2. The van der Waals surface area contributed by atoms with Crippen LogP contribution in [0.2, 0.25) is 0 Å². The summed E-state index contributed by atoms with van der Waals surface area (Å²) in [5, 5.41) is 8.71. The topological polar surface area (TPSA) is 85.2 Å². The summed E-state index contributed by atoms with van der Waals surface area (Å²) in [5.74, 6) is -1.57. The Kier molecular flexibility index (Phi) is 5.52. The van der Waals surface area contributed by atoms with Gasteiger partial charge in [0.15, 0.2) is 5.69 Å². The van der Waals surface area contributed by atoms with Crippen molar-refractivity contribution in [3.8, 4) is 0 Å². The van der Waals surface area contributed by atoms with E-state index in [1.165, 1.54) is 19.2 Å². The van der Waals surface area contributed by atoms with E-state index in [-0.39, 0.29) is 22.8 Å². The second-order valence-electron chi connectivity index (χ2n) is 6.07. The summed E-state index contributed by atoms with van der Waals surface area (Å²) in [7, 11) is 1.18. The second-order valence-corrected chi connectivity index (χ2v) is 6.07. The number of alkyl halides is 4. The van der Waals surface area contributed by atoms with Gasteiger partial charge in [-0.25, -0.2) is 27.0 Å². The molecule has 1 aliphatic heterocycles. The summed E-state index contributed by atoms with van der Waals surface area (Å²) in [5.41, 5.74) is -0.0412. The monoisotopic (exact) mass is 400 g/mol. The lowest BCUT2D eigenvalue weighted by atomic mass is 10.1. The van der Waals surface area contributed by atoms with Crippen LogP contribution in [-0.4, -0.2) is 47.7 Å². The first-order valence-electron chi connectivity index (χ1n) is 8.23. The fraction of sp³-hybridized carbons (Fsp3) is 0.353. The van der Waals surface area contributed by atoms with Crippen LogP contribution < -0.4 is 10.6 Å². The molecular weight excluding hydrogens is 384 g/mol. The van der Waals surface area contributed by atoms with Gasteiger partial charge >= 0.3 is 5.97 Å². The molecule has 11 heteroatoms. The molecule has 7 nitrogen and oxygen atoms in total. The third-order valence-corrected chi connectivity index (χ3v) is 4.29. The molecule has 28 heavy (non-hydrogen) atoms. The number of carbonyl (C=O) groups excluding carboxylic acids is 2. The molecule has 2 heterocycles. The molecule has 0 saturated heterocycles. The number of aromatic nitrogens is 2. The van der Waals surface area contributed by atoms with Gasteiger partial charge < -0.3 is 15.4 Å². The number of hydrogen-bond donors (Lipinski definition) is 2. The van der Waals surface area contributed by atoms with Crippen molar-refractivity contribution < 1.29 is 31.9 Å². The quantitative estimate of drug-likeness (QED) is 0.595. The molecule has 1 amide bonds. The molecule has 0 bridgehead atoms. The van der Waals surface area contributed by atoms with E-state index in [4.69, 9.17) is 0 Å². The number of esters is 1. The summed E-state index contributed by atoms with van der Waals surface area (Å²) < 4.78 is 58.0. The van der Waals surface area contributed by atoms with Gasteiger partial charge in [-0.15, -0.1) is 0 Å². The lowest BCUT2D eigenvalue weighted by Gasteiger charge is -2.31. The Bertz CT molecular complexity index is 887. The van der Waals surface area contributed by atoms with Gasteiger partial charge in [-0.1, -0.05) is 12.1 Å². The normalized spacial score (nSPS) is 18.5. The van der Waals surface area contributed by atoms with Gasteiger partial charge in [-0.3, -0.25) is 4.79 Å². The van der Waals surface area contributed by atoms with Crippen molar-refractivity contribution in [2.24, 2.45) is 0 Å². The van der Waals surface area contributed by atoms with E-state index >= 15 is 0 Å². The van der Waals surface area contributed by atoms with Crippen LogP contribution in [0.5, 0.6) is 0 Å². The molecule has 1 aliphatic rings. The average molecular weight is 400 g/mol. The van der Waals surface area contributed by atoms with Crippen LogP contribution in [0.25, 0.3) is 0 Å². The van der Waals surface area contributed by atoms with Crippen LogP contribution >= 0.6 is 0 Å². The lowest BCUT2D eigenvalue weighted by molar-refractivity contribution is 0.0419. The number of methoxy groups -OCH3 is 1. The van der Waals surface area contributed by atoms with Crippen molar-refractivity contribution >= 4 is 23.4 Å². The highest BCUT2D eigenvalue weighted by Crippen LogP contribution is 2.34. The minimum Gasteiger partial charge on any atom is -0.465 e. The average Bonchev–Trinajstić information content (AvgIpc) is 3.11. The lowest BCUT2D eigenvalue weighted by Crippen LogP contribution is -2.39. The van der Waals surface area contributed by atoms with Gasteiger partial charge in [0.2, 0.25) is 0 Å². The van der Waals surface area contributed by atoms with Crippen molar-refractivity contribution in [1.82, 2.24) is 9.78 Å². The molecule has 2 atom stereocenters. The zero-order chi connectivity index (χ0) is 20.4. The van der Waals surface area contributed by atoms with Crippen LogP contribution in [0.3, 0.4) is 0 Å². The first-order valence-corrected chi connectivity index (χ1v) is 8.23. The molecule has 0 saturated carbocycles. The molecule has 0 aliphatic carbocycles. The maximum atomic E-state index is 13.3. The second kappa shape index (κ2) is 7.87.